The molecule has 0 bridgehead atoms. The van der Waals surface area contributed by atoms with E-state index >= 15 is 0 Å². The summed E-state index contributed by atoms with van der Waals surface area (Å²) in [5, 5.41) is 6.14. The largest absolute Gasteiger partial charge is 0.497 e. The summed E-state index contributed by atoms with van der Waals surface area (Å²) in [4.78, 5) is 11.9. The van der Waals surface area contributed by atoms with E-state index in [0.29, 0.717) is 13.0 Å². The SMILES string of the molecule is COc1ccc(CNCCC(=O)Nc2ccccc2Br)cc1. The van der Waals surface area contributed by atoms with E-state index < -0.39 is 0 Å². The van der Waals surface area contributed by atoms with Gasteiger partial charge in [0.15, 0.2) is 0 Å². The molecule has 2 aromatic rings. The molecule has 0 heterocycles. The predicted octanol–water partition coefficient (Wildman–Crippen LogP) is 3.58. The van der Waals surface area contributed by atoms with Crippen LogP contribution >= 0.6 is 15.9 Å². The van der Waals surface area contributed by atoms with Gasteiger partial charge in [-0.2, -0.15) is 0 Å². The number of rotatable bonds is 7. The van der Waals surface area contributed by atoms with Gasteiger partial charge in [-0.1, -0.05) is 24.3 Å². The molecule has 0 aliphatic heterocycles. The molecule has 0 radical (unpaired) electrons. The molecule has 0 saturated carbocycles. The van der Waals surface area contributed by atoms with Gasteiger partial charge in [0, 0.05) is 24.0 Å². The molecule has 22 heavy (non-hydrogen) atoms. The average Bonchev–Trinajstić information content (AvgIpc) is 2.54. The van der Waals surface area contributed by atoms with Crippen LogP contribution < -0.4 is 15.4 Å². The molecule has 0 aliphatic rings. The van der Waals surface area contributed by atoms with Crippen molar-refractivity contribution in [2.75, 3.05) is 19.0 Å². The summed E-state index contributed by atoms with van der Waals surface area (Å²) in [7, 11) is 1.65. The van der Waals surface area contributed by atoms with Crippen LogP contribution in [0.5, 0.6) is 5.75 Å². The zero-order valence-corrected chi connectivity index (χ0v) is 14.0. The van der Waals surface area contributed by atoms with Crippen LogP contribution in [0.25, 0.3) is 0 Å². The van der Waals surface area contributed by atoms with Crippen LogP contribution in [0.15, 0.2) is 53.0 Å². The van der Waals surface area contributed by atoms with Crippen LogP contribution in [0.1, 0.15) is 12.0 Å². The molecule has 0 spiro atoms. The van der Waals surface area contributed by atoms with Crippen molar-refractivity contribution >= 4 is 27.5 Å². The minimum atomic E-state index is -0.00543. The number of para-hydroxylation sites is 1. The predicted molar refractivity (Wildman–Crippen MR) is 92.1 cm³/mol. The lowest BCUT2D eigenvalue weighted by Crippen LogP contribution is -2.21. The number of benzene rings is 2. The number of nitrogens with one attached hydrogen (secondary N) is 2. The highest BCUT2D eigenvalue weighted by Gasteiger charge is 2.04. The van der Waals surface area contributed by atoms with Crippen LogP contribution in [0.4, 0.5) is 5.69 Å². The average molecular weight is 363 g/mol. The Bertz CT molecular complexity index is 614. The summed E-state index contributed by atoms with van der Waals surface area (Å²) in [6, 6.07) is 15.4. The van der Waals surface area contributed by atoms with Crippen molar-refractivity contribution in [1.82, 2.24) is 5.32 Å². The molecular weight excluding hydrogens is 344 g/mol. The summed E-state index contributed by atoms with van der Waals surface area (Å²) in [6.45, 7) is 1.36. The van der Waals surface area contributed by atoms with Crippen LogP contribution in [0.2, 0.25) is 0 Å². The number of anilines is 1. The molecule has 0 fully saturated rings. The maximum atomic E-state index is 11.9. The maximum Gasteiger partial charge on any atom is 0.225 e. The fourth-order valence-corrected chi connectivity index (χ4v) is 2.34. The second-order valence-electron chi connectivity index (χ2n) is 4.80. The molecule has 0 atom stereocenters. The van der Waals surface area contributed by atoms with Crippen LogP contribution in [-0.2, 0) is 11.3 Å². The number of methoxy groups -OCH3 is 1. The molecule has 1 amide bonds. The van der Waals surface area contributed by atoms with Crippen LogP contribution in [0, 0.1) is 0 Å². The van der Waals surface area contributed by atoms with E-state index in [1.165, 1.54) is 0 Å². The molecule has 0 aliphatic carbocycles. The Morgan fingerprint density at radius 3 is 2.55 bits per heavy atom. The van der Waals surface area contributed by atoms with Crippen molar-refractivity contribution in [3.05, 3.63) is 58.6 Å². The van der Waals surface area contributed by atoms with Crippen molar-refractivity contribution < 1.29 is 9.53 Å². The van der Waals surface area contributed by atoms with E-state index in [2.05, 4.69) is 26.6 Å². The van der Waals surface area contributed by atoms with E-state index in [1.807, 2.05) is 48.5 Å². The highest BCUT2D eigenvalue weighted by atomic mass is 79.9. The first-order chi connectivity index (χ1) is 10.7. The number of carbonyl (C=O) groups excluding carboxylic acids is 1. The summed E-state index contributed by atoms with van der Waals surface area (Å²) in [5.74, 6) is 0.839. The molecule has 0 aromatic heterocycles. The summed E-state index contributed by atoms with van der Waals surface area (Å²) >= 11 is 3.41. The van der Waals surface area contributed by atoms with Gasteiger partial charge in [0.25, 0.3) is 0 Å². The normalized spacial score (nSPS) is 10.3. The number of hydrogen-bond acceptors (Lipinski definition) is 3. The zero-order valence-electron chi connectivity index (χ0n) is 12.4. The Morgan fingerprint density at radius 2 is 1.86 bits per heavy atom. The zero-order chi connectivity index (χ0) is 15.8. The van der Waals surface area contributed by atoms with E-state index in [4.69, 9.17) is 4.74 Å². The third-order valence-electron chi connectivity index (χ3n) is 3.16. The second-order valence-corrected chi connectivity index (χ2v) is 5.66. The van der Waals surface area contributed by atoms with Crippen molar-refractivity contribution in [3.8, 4) is 5.75 Å². The fraction of sp³-hybridized carbons (Fsp3) is 0.235. The lowest BCUT2D eigenvalue weighted by molar-refractivity contribution is -0.116. The molecular formula is C17H19BrN2O2. The Morgan fingerprint density at radius 1 is 1.14 bits per heavy atom. The van der Waals surface area contributed by atoms with Gasteiger partial charge in [-0.15, -0.1) is 0 Å². The van der Waals surface area contributed by atoms with Crippen molar-refractivity contribution in [3.63, 3.8) is 0 Å². The fourth-order valence-electron chi connectivity index (χ4n) is 1.95. The number of halogens is 1. The first kappa shape index (κ1) is 16.5. The lowest BCUT2D eigenvalue weighted by atomic mass is 10.2. The van der Waals surface area contributed by atoms with Gasteiger partial charge in [-0.05, 0) is 45.8 Å². The van der Waals surface area contributed by atoms with Crippen molar-refractivity contribution in [2.24, 2.45) is 0 Å². The van der Waals surface area contributed by atoms with Crippen LogP contribution in [0.3, 0.4) is 0 Å². The van der Waals surface area contributed by atoms with E-state index in [0.717, 1.165) is 28.0 Å². The monoisotopic (exact) mass is 362 g/mol. The maximum absolute atomic E-state index is 11.9. The Hall–Kier alpha value is -1.85. The van der Waals surface area contributed by atoms with Crippen molar-refractivity contribution in [1.29, 1.82) is 0 Å². The lowest BCUT2D eigenvalue weighted by Gasteiger charge is -2.08. The molecule has 4 nitrogen and oxygen atoms in total. The number of amides is 1. The summed E-state index contributed by atoms with van der Waals surface area (Å²) < 4.78 is 6.00. The minimum absolute atomic E-state index is 0.00543. The topological polar surface area (TPSA) is 50.4 Å². The first-order valence-electron chi connectivity index (χ1n) is 7.07. The summed E-state index contributed by atoms with van der Waals surface area (Å²) in [6.07, 6.45) is 0.428. The van der Waals surface area contributed by atoms with Gasteiger partial charge in [-0.25, -0.2) is 0 Å². The molecule has 0 unspecified atom stereocenters. The Kier molecular flexibility index (Phi) is 6.43. The minimum Gasteiger partial charge on any atom is -0.497 e. The summed E-state index contributed by atoms with van der Waals surface area (Å²) in [5.41, 5.74) is 1.95. The molecule has 5 heteroatoms. The van der Waals surface area contributed by atoms with Gasteiger partial charge in [0.1, 0.15) is 5.75 Å². The van der Waals surface area contributed by atoms with Gasteiger partial charge < -0.3 is 15.4 Å². The number of hydrogen-bond donors (Lipinski definition) is 2. The standard InChI is InChI=1S/C17H19BrN2O2/c1-22-14-8-6-13(7-9-14)12-19-11-10-17(21)20-16-5-3-2-4-15(16)18/h2-9,19H,10-12H2,1H3,(H,20,21). The Balaban J connectivity index is 1.69. The van der Waals surface area contributed by atoms with Gasteiger partial charge in [0.2, 0.25) is 5.91 Å². The number of carbonyl (C=O) groups is 1. The smallest absolute Gasteiger partial charge is 0.225 e. The van der Waals surface area contributed by atoms with Gasteiger partial charge in [0.05, 0.1) is 12.8 Å². The molecule has 2 aromatic carbocycles. The highest BCUT2D eigenvalue weighted by molar-refractivity contribution is 9.10. The molecule has 0 saturated heterocycles. The first-order valence-corrected chi connectivity index (χ1v) is 7.86. The third kappa shape index (κ3) is 5.16. The number of ether oxygens (including phenoxy) is 1. The van der Waals surface area contributed by atoms with Crippen LogP contribution in [-0.4, -0.2) is 19.6 Å². The third-order valence-corrected chi connectivity index (χ3v) is 3.86. The molecule has 2 rings (SSSR count). The Labute approximate surface area is 139 Å². The molecule has 116 valence electrons. The van der Waals surface area contributed by atoms with E-state index in [9.17, 15) is 4.79 Å². The van der Waals surface area contributed by atoms with E-state index in [-0.39, 0.29) is 5.91 Å². The second kappa shape index (κ2) is 8.56. The highest BCUT2D eigenvalue weighted by Crippen LogP contribution is 2.21. The van der Waals surface area contributed by atoms with E-state index in [1.54, 1.807) is 7.11 Å². The quantitative estimate of drug-likeness (QED) is 0.740. The van der Waals surface area contributed by atoms with Gasteiger partial charge in [-0.3, -0.25) is 4.79 Å². The molecule has 2 N–H and O–H groups in total. The van der Waals surface area contributed by atoms with Crippen molar-refractivity contribution in [2.45, 2.75) is 13.0 Å². The van der Waals surface area contributed by atoms with Gasteiger partial charge >= 0.3 is 0 Å².